The van der Waals surface area contributed by atoms with Gasteiger partial charge in [0.05, 0.1) is 0 Å². The van der Waals surface area contributed by atoms with Crippen molar-refractivity contribution in [2.75, 3.05) is 0 Å². The molecule has 0 spiro atoms. The van der Waals surface area contributed by atoms with E-state index >= 15 is 0 Å². The maximum Gasteiger partial charge on any atom is 0.178 e. The van der Waals surface area contributed by atoms with Crippen LogP contribution in [0.15, 0.2) is 95.2 Å². The van der Waals surface area contributed by atoms with Crippen LogP contribution in [-0.2, 0) is 9.59 Å². The van der Waals surface area contributed by atoms with Gasteiger partial charge in [-0.25, -0.2) is 0 Å². The summed E-state index contributed by atoms with van der Waals surface area (Å²) in [5, 5.41) is 0. The Balaban J connectivity index is 3.16. The molecule has 0 bridgehead atoms. The first-order valence-corrected chi connectivity index (χ1v) is 9.88. The van der Waals surface area contributed by atoms with E-state index in [1.54, 1.807) is 48.6 Å². The fourth-order valence-corrected chi connectivity index (χ4v) is 1.95. The molecular weight excluding hydrogens is 392 g/mol. The summed E-state index contributed by atoms with van der Waals surface area (Å²) >= 11 is 0. The van der Waals surface area contributed by atoms with Gasteiger partial charge in [-0.1, -0.05) is 72.3 Å². The highest BCUT2D eigenvalue weighted by molar-refractivity contribution is 6.00. The molecule has 0 atom stereocenters. The van der Waals surface area contributed by atoms with Crippen LogP contribution in [-0.4, -0.2) is 11.6 Å². The number of hydrogen-bond acceptors (Lipinski definition) is 2. The lowest BCUT2D eigenvalue weighted by atomic mass is 10.2. The minimum atomic E-state index is -0.138. The molecule has 0 amide bonds. The van der Waals surface area contributed by atoms with Gasteiger partial charge in [0.2, 0.25) is 0 Å². The van der Waals surface area contributed by atoms with E-state index < -0.39 is 0 Å². The summed E-state index contributed by atoms with van der Waals surface area (Å²) in [6.07, 6.45) is 19.4. The van der Waals surface area contributed by atoms with Crippen LogP contribution in [0, 0.1) is 47.4 Å². The summed E-state index contributed by atoms with van der Waals surface area (Å²) in [5.41, 5.74) is 3.13. The van der Waals surface area contributed by atoms with Gasteiger partial charge in [0, 0.05) is 0 Å². The van der Waals surface area contributed by atoms with Crippen molar-refractivity contribution >= 4 is 11.6 Å². The number of rotatable bonds is 0. The Bertz CT molecular complexity index is 1040. The zero-order valence-corrected chi connectivity index (χ0v) is 18.7. The second kappa shape index (κ2) is 15.4. The molecule has 0 aliphatic heterocycles. The molecule has 0 unspecified atom stereocenters. The normalized spacial score (nSPS) is 25.8. The number of carbonyl (C=O) groups is 2. The van der Waals surface area contributed by atoms with Crippen molar-refractivity contribution in [1.29, 1.82) is 0 Å². The molecule has 0 aromatic carbocycles. The van der Waals surface area contributed by atoms with Crippen LogP contribution in [0.3, 0.4) is 0 Å². The fourth-order valence-electron chi connectivity index (χ4n) is 1.95. The molecule has 0 saturated heterocycles. The molecule has 0 fully saturated rings. The largest absolute Gasteiger partial charge is 0.290 e. The van der Waals surface area contributed by atoms with Crippen molar-refractivity contribution in [2.45, 2.75) is 27.7 Å². The molecule has 2 nitrogen and oxygen atoms in total. The summed E-state index contributed by atoms with van der Waals surface area (Å²) in [4.78, 5) is 23.7. The topological polar surface area (TPSA) is 34.1 Å². The van der Waals surface area contributed by atoms with Gasteiger partial charge in [-0.05, 0) is 98.0 Å². The van der Waals surface area contributed by atoms with Crippen LogP contribution in [0.4, 0.5) is 0 Å². The first kappa shape index (κ1) is 25.5. The number of ketones is 2. The third kappa shape index (κ3) is 13.6. The van der Waals surface area contributed by atoms with Gasteiger partial charge in [-0.3, -0.25) is 9.59 Å². The van der Waals surface area contributed by atoms with Gasteiger partial charge >= 0.3 is 0 Å². The number of hydrogen-bond donors (Lipinski definition) is 0. The summed E-state index contributed by atoms with van der Waals surface area (Å²) in [7, 11) is 0. The Hall–Kier alpha value is -4.50. The number of allylic oxidation sites excluding steroid dienone is 16. The molecule has 2 heteroatoms. The second-order valence-corrected chi connectivity index (χ2v) is 6.64. The first-order valence-electron chi connectivity index (χ1n) is 9.88. The first-order chi connectivity index (χ1) is 15.4. The third-order valence-electron chi connectivity index (χ3n) is 3.59. The van der Waals surface area contributed by atoms with Gasteiger partial charge in [-0.2, -0.15) is 0 Å². The Morgan fingerprint density at radius 2 is 0.656 bits per heavy atom. The maximum atomic E-state index is 11.9. The molecular formula is C30H24O2. The Labute approximate surface area is 191 Å². The standard InChI is InChI=1S/C30H24O2/c1-25-13-5-6-14-26(2)18-11-23-30(32)24-12-20-28(4)16-8-7-15-27(3)19-10-22-29(31)21-9-17-25/h9-12,17-24H,1-4H3/b21-9+,22-10+,23-11+,24-12+,25-17-,26-18+,27-19+,28-20-. The second-order valence-electron chi connectivity index (χ2n) is 6.64. The highest BCUT2D eigenvalue weighted by Gasteiger charge is 1.88. The molecule has 1 aliphatic rings. The van der Waals surface area contributed by atoms with E-state index in [-0.39, 0.29) is 11.6 Å². The molecule has 156 valence electrons. The summed E-state index contributed by atoms with van der Waals surface area (Å²) in [5.74, 6) is 22.4. The smallest absolute Gasteiger partial charge is 0.178 e. The van der Waals surface area contributed by atoms with E-state index in [0.29, 0.717) is 0 Å². The van der Waals surface area contributed by atoms with Crippen molar-refractivity contribution < 1.29 is 9.59 Å². The van der Waals surface area contributed by atoms with E-state index in [4.69, 9.17) is 0 Å². The zero-order valence-electron chi connectivity index (χ0n) is 18.7. The van der Waals surface area contributed by atoms with Crippen LogP contribution in [0.25, 0.3) is 0 Å². The predicted octanol–water partition coefficient (Wildman–Crippen LogP) is 5.16. The van der Waals surface area contributed by atoms with E-state index in [2.05, 4.69) is 47.4 Å². The molecule has 0 radical (unpaired) electrons. The SMILES string of the molecule is C/C1=C/C=C/C(=O)/C=C/C=C(\C)C#CC#C/C(C)=C\C=C\C(=O)/C=C/C=C(\C)C#CC#C1. The Morgan fingerprint density at radius 1 is 0.438 bits per heavy atom. The third-order valence-corrected chi connectivity index (χ3v) is 3.59. The highest BCUT2D eigenvalue weighted by atomic mass is 16.1. The van der Waals surface area contributed by atoms with Gasteiger partial charge in [-0.15, -0.1) is 0 Å². The van der Waals surface area contributed by atoms with Crippen LogP contribution < -0.4 is 0 Å². The fraction of sp³-hybridized carbons (Fsp3) is 0.133. The average molecular weight is 417 g/mol. The van der Waals surface area contributed by atoms with Gasteiger partial charge in [0.1, 0.15) is 0 Å². The predicted molar refractivity (Wildman–Crippen MR) is 133 cm³/mol. The zero-order chi connectivity index (χ0) is 23.6. The van der Waals surface area contributed by atoms with Gasteiger partial charge in [0.15, 0.2) is 11.6 Å². The quantitative estimate of drug-likeness (QED) is 0.511. The maximum absolute atomic E-state index is 11.9. The average Bonchev–Trinajstić information content (AvgIpc) is 2.74. The molecule has 1 rings (SSSR count). The van der Waals surface area contributed by atoms with Crippen molar-refractivity contribution in [3.8, 4) is 47.4 Å². The molecule has 0 aromatic rings. The summed E-state index contributed by atoms with van der Waals surface area (Å²) in [6, 6.07) is 0. The van der Waals surface area contributed by atoms with Crippen LogP contribution in [0.5, 0.6) is 0 Å². The highest BCUT2D eigenvalue weighted by Crippen LogP contribution is 1.95. The number of carbonyl (C=O) groups excluding carboxylic acids is 2. The van der Waals surface area contributed by atoms with Crippen molar-refractivity contribution in [2.24, 2.45) is 0 Å². The molecule has 1 aliphatic carbocycles. The van der Waals surface area contributed by atoms with Crippen molar-refractivity contribution in [1.82, 2.24) is 0 Å². The van der Waals surface area contributed by atoms with Crippen LogP contribution in [0.1, 0.15) is 27.7 Å². The molecule has 32 heavy (non-hydrogen) atoms. The monoisotopic (exact) mass is 416 g/mol. The molecule has 0 heterocycles. The minimum Gasteiger partial charge on any atom is -0.290 e. The van der Waals surface area contributed by atoms with E-state index in [1.807, 2.05) is 27.7 Å². The van der Waals surface area contributed by atoms with E-state index in [1.165, 1.54) is 24.3 Å². The van der Waals surface area contributed by atoms with E-state index in [0.717, 1.165) is 22.3 Å². The molecule has 0 aromatic heterocycles. The van der Waals surface area contributed by atoms with E-state index in [9.17, 15) is 9.59 Å². The summed E-state index contributed by atoms with van der Waals surface area (Å²) < 4.78 is 0. The molecule has 0 N–H and O–H groups in total. The van der Waals surface area contributed by atoms with Gasteiger partial charge < -0.3 is 0 Å². The Morgan fingerprint density at radius 3 is 0.875 bits per heavy atom. The van der Waals surface area contributed by atoms with Crippen molar-refractivity contribution in [3.63, 3.8) is 0 Å². The Kier molecular flexibility index (Phi) is 12.3. The van der Waals surface area contributed by atoms with Gasteiger partial charge in [0.25, 0.3) is 0 Å². The summed E-state index contributed by atoms with van der Waals surface area (Å²) in [6.45, 7) is 7.35. The minimum absolute atomic E-state index is 0.138. The lowest BCUT2D eigenvalue weighted by Crippen LogP contribution is -1.83. The lowest BCUT2D eigenvalue weighted by Gasteiger charge is -1.85. The lowest BCUT2D eigenvalue weighted by molar-refractivity contribution is -0.111. The van der Waals surface area contributed by atoms with Crippen LogP contribution >= 0.6 is 0 Å². The van der Waals surface area contributed by atoms with Crippen LogP contribution in [0.2, 0.25) is 0 Å². The van der Waals surface area contributed by atoms with Crippen molar-refractivity contribution in [3.05, 3.63) is 95.2 Å². The molecule has 0 saturated carbocycles.